The van der Waals surface area contributed by atoms with E-state index in [2.05, 4.69) is 68.3 Å². The minimum absolute atomic E-state index is 0.261. The monoisotopic (exact) mass is 617 g/mol. The highest BCUT2D eigenvalue weighted by atomic mass is 35.5. The number of hydrogen-bond acceptors (Lipinski definition) is 10. The van der Waals surface area contributed by atoms with Crippen LogP contribution in [0.25, 0.3) is 0 Å². The van der Waals surface area contributed by atoms with Gasteiger partial charge in [0.05, 0.1) is 43.7 Å². The zero-order chi connectivity index (χ0) is 30.4. The van der Waals surface area contributed by atoms with Gasteiger partial charge in [0.25, 0.3) is 0 Å². The van der Waals surface area contributed by atoms with Crippen molar-refractivity contribution in [3.63, 3.8) is 0 Å². The molecular weight excluding hydrogens is 578 g/mol. The summed E-state index contributed by atoms with van der Waals surface area (Å²) in [6.07, 6.45) is 6.71. The lowest BCUT2D eigenvalue weighted by molar-refractivity contribution is 0.249. The first-order valence-corrected chi connectivity index (χ1v) is 16.1. The zero-order valence-electron chi connectivity index (χ0n) is 25.0. The van der Waals surface area contributed by atoms with Crippen molar-refractivity contribution in [3.8, 4) is 11.5 Å². The molecule has 1 aliphatic rings. The average Bonchev–Trinajstić information content (AvgIpc) is 2.95. The molecule has 3 aromatic rings. The summed E-state index contributed by atoms with van der Waals surface area (Å²) in [7, 11) is 3.90. The second-order valence-electron chi connectivity index (χ2n) is 10.5. The molecule has 0 saturated carbocycles. The molecule has 1 saturated heterocycles. The van der Waals surface area contributed by atoms with Gasteiger partial charge in [-0.25, -0.2) is 13.4 Å². The highest BCUT2D eigenvalue weighted by Crippen LogP contribution is 2.38. The van der Waals surface area contributed by atoms with Gasteiger partial charge in [-0.3, -0.25) is 4.72 Å². The van der Waals surface area contributed by atoms with E-state index in [1.165, 1.54) is 24.6 Å². The molecule has 228 valence electrons. The molecule has 42 heavy (non-hydrogen) atoms. The third-order valence-electron chi connectivity index (χ3n) is 7.22. The lowest BCUT2D eigenvalue weighted by atomic mass is 10.00. The number of aryl methyl sites for hydroxylation is 1. The van der Waals surface area contributed by atoms with Gasteiger partial charge in [-0.1, -0.05) is 24.9 Å². The number of halogens is 1. The fourth-order valence-electron chi connectivity index (χ4n) is 5.07. The molecule has 13 heteroatoms. The van der Waals surface area contributed by atoms with Gasteiger partial charge < -0.3 is 29.9 Å². The lowest BCUT2D eigenvalue weighted by Gasteiger charge is -2.37. The van der Waals surface area contributed by atoms with Crippen molar-refractivity contribution in [2.45, 2.75) is 38.6 Å². The maximum absolute atomic E-state index is 12.0. The molecule has 0 bridgehead atoms. The van der Waals surface area contributed by atoms with Gasteiger partial charge >= 0.3 is 0 Å². The number of sulfonamides is 1. The molecule has 1 aliphatic heterocycles. The predicted octanol–water partition coefficient (Wildman–Crippen LogP) is 5.49. The van der Waals surface area contributed by atoms with E-state index in [9.17, 15) is 8.42 Å². The number of methoxy groups -OCH3 is 2. The van der Waals surface area contributed by atoms with Gasteiger partial charge in [-0.15, -0.1) is 0 Å². The molecule has 0 amide bonds. The summed E-state index contributed by atoms with van der Waals surface area (Å²) in [5.41, 5.74) is 3.90. The Hall–Kier alpha value is -3.48. The van der Waals surface area contributed by atoms with Crippen molar-refractivity contribution in [2.24, 2.45) is 0 Å². The van der Waals surface area contributed by atoms with E-state index in [1.807, 2.05) is 0 Å². The minimum Gasteiger partial charge on any atom is -0.497 e. The van der Waals surface area contributed by atoms with Crippen molar-refractivity contribution in [1.82, 2.24) is 14.9 Å². The Morgan fingerprint density at radius 3 is 2.40 bits per heavy atom. The zero-order valence-corrected chi connectivity index (χ0v) is 26.6. The molecule has 0 unspecified atom stereocenters. The Morgan fingerprint density at radius 1 is 1.05 bits per heavy atom. The molecular formula is C29H40ClN7O4S. The highest BCUT2D eigenvalue weighted by molar-refractivity contribution is 7.92. The van der Waals surface area contributed by atoms with Crippen LogP contribution in [0.15, 0.2) is 36.5 Å². The van der Waals surface area contributed by atoms with Crippen LogP contribution in [0.4, 0.5) is 34.5 Å². The Labute approximate surface area is 253 Å². The summed E-state index contributed by atoms with van der Waals surface area (Å²) in [5.74, 6) is 1.77. The molecule has 4 rings (SSSR count). The third kappa shape index (κ3) is 7.87. The number of hydrogen-bond donors (Lipinski definition) is 3. The fourth-order valence-corrected chi connectivity index (χ4v) is 5.78. The maximum Gasteiger partial charge on any atom is 0.229 e. The number of aromatic nitrogens is 2. The third-order valence-corrected chi connectivity index (χ3v) is 8.09. The largest absolute Gasteiger partial charge is 0.497 e. The van der Waals surface area contributed by atoms with Crippen molar-refractivity contribution < 1.29 is 17.9 Å². The van der Waals surface area contributed by atoms with E-state index in [0.29, 0.717) is 35.0 Å². The lowest BCUT2D eigenvalue weighted by Crippen LogP contribution is -2.42. The summed E-state index contributed by atoms with van der Waals surface area (Å²) >= 11 is 6.44. The summed E-state index contributed by atoms with van der Waals surface area (Å²) in [4.78, 5) is 13.7. The van der Waals surface area contributed by atoms with Crippen LogP contribution in [0.5, 0.6) is 11.5 Å². The molecule has 1 fully saturated rings. The van der Waals surface area contributed by atoms with Crippen LogP contribution in [0, 0.1) is 0 Å². The number of anilines is 6. The van der Waals surface area contributed by atoms with Crippen molar-refractivity contribution in [2.75, 3.05) is 67.9 Å². The highest BCUT2D eigenvalue weighted by Gasteiger charge is 2.24. The molecule has 0 radical (unpaired) electrons. The number of ether oxygens (including phenoxy) is 2. The number of piperidine rings is 1. The first kappa shape index (κ1) is 31.5. The second-order valence-corrected chi connectivity index (χ2v) is 12.7. The van der Waals surface area contributed by atoms with Gasteiger partial charge in [-0.05, 0) is 57.1 Å². The minimum atomic E-state index is -3.55. The molecule has 11 nitrogen and oxygen atoms in total. The molecule has 1 aromatic heterocycles. The first-order valence-electron chi connectivity index (χ1n) is 13.9. The Bertz CT molecular complexity index is 1500. The smallest absolute Gasteiger partial charge is 0.229 e. The Balaban J connectivity index is 1.62. The Kier molecular flexibility index (Phi) is 10.2. The van der Waals surface area contributed by atoms with Crippen molar-refractivity contribution in [1.29, 1.82) is 0 Å². The van der Waals surface area contributed by atoms with Crippen molar-refractivity contribution in [3.05, 3.63) is 47.1 Å². The quantitative estimate of drug-likeness (QED) is 0.241. The summed E-state index contributed by atoms with van der Waals surface area (Å²) in [5, 5.41) is 6.68. The Morgan fingerprint density at radius 2 is 1.79 bits per heavy atom. The van der Waals surface area contributed by atoms with Crippen LogP contribution in [0.2, 0.25) is 5.02 Å². The first-order chi connectivity index (χ1) is 20.0. The van der Waals surface area contributed by atoms with Gasteiger partial charge in [0.2, 0.25) is 16.0 Å². The summed E-state index contributed by atoms with van der Waals surface area (Å²) in [6.45, 7) is 4.16. The number of nitrogens with one attached hydrogen (secondary N) is 3. The standard InChI is InChI=1S/C29H40ClN7O4S/c1-7-8-19-15-25(27(41-5)17-26(19)37-13-11-20(12-14-37)36(2)3)33-29-31-18-22(30)28(34-29)32-23-10-9-21(40-4)16-24(23)35-42(6,38)39/h9-10,15-18,20,35H,7-8,11-14H2,1-6H3,(H2,31,32,33,34). The van der Waals surface area contributed by atoms with E-state index in [1.54, 1.807) is 25.3 Å². The van der Waals surface area contributed by atoms with Crippen LogP contribution in [0.3, 0.4) is 0 Å². The second kappa shape index (κ2) is 13.7. The van der Waals surface area contributed by atoms with Crippen LogP contribution < -0.4 is 29.7 Å². The maximum atomic E-state index is 12.0. The van der Waals surface area contributed by atoms with Crippen LogP contribution in [-0.4, -0.2) is 77.0 Å². The van der Waals surface area contributed by atoms with E-state index in [0.717, 1.165) is 50.7 Å². The average molecular weight is 618 g/mol. The molecule has 0 atom stereocenters. The normalized spacial score (nSPS) is 14.1. The van der Waals surface area contributed by atoms with Crippen LogP contribution in [-0.2, 0) is 16.4 Å². The fraction of sp³-hybridized carbons (Fsp3) is 0.448. The van der Waals surface area contributed by atoms with E-state index < -0.39 is 10.0 Å². The van der Waals surface area contributed by atoms with E-state index in [-0.39, 0.29) is 10.7 Å². The topological polar surface area (TPSA) is 121 Å². The molecule has 2 aromatic carbocycles. The van der Waals surface area contributed by atoms with E-state index >= 15 is 0 Å². The number of nitrogens with zero attached hydrogens (tertiary/aromatic N) is 4. The van der Waals surface area contributed by atoms with Gasteiger partial charge in [0.1, 0.15) is 16.5 Å². The van der Waals surface area contributed by atoms with Crippen LogP contribution in [0.1, 0.15) is 31.7 Å². The van der Waals surface area contributed by atoms with Gasteiger partial charge in [-0.2, -0.15) is 4.98 Å². The molecule has 0 aliphatic carbocycles. The van der Waals surface area contributed by atoms with Crippen LogP contribution >= 0.6 is 11.6 Å². The van der Waals surface area contributed by atoms with Gasteiger partial charge in [0, 0.05) is 37.0 Å². The number of rotatable bonds is 12. The van der Waals surface area contributed by atoms with E-state index in [4.69, 9.17) is 21.1 Å². The summed E-state index contributed by atoms with van der Waals surface area (Å²) in [6, 6.07) is 9.76. The molecule has 2 heterocycles. The predicted molar refractivity (Wildman–Crippen MR) is 171 cm³/mol. The number of benzene rings is 2. The molecule has 0 spiro atoms. The molecule has 3 N–H and O–H groups in total. The summed E-state index contributed by atoms with van der Waals surface area (Å²) < 4.78 is 37.5. The van der Waals surface area contributed by atoms with Crippen molar-refractivity contribution >= 4 is 56.1 Å². The SMILES string of the molecule is CCCc1cc(Nc2ncc(Cl)c(Nc3ccc(OC)cc3NS(C)(=O)=O)n2)c(OC)cc1N1CCC(N(C)C)CC1. The van der Waals surface area contributed by atoms with Gasteiger partial charge in [0.15, 0.2) is 5.82 Å².